The molecule has 0 bridgehead atoms. The van der Waals surface area contributed by atoms with Gasteiger partial charge in [0.1, 0.15) is 23.3 Å². The van der Waals surface area contributed by atoms with Crippen LogP contribution in [0, 0.1) is 0 Å². The van der Waals surface area contributed by atoms with Crippen LogP contribution in [0.25, 0.3) is 5.76 Å². The minimum absolute atomic E-state index is 0.0350. The number of likely N-dealkylation sites (N-methyl/N-ethyl adjacent to an activating group) is 1. The molecule has 0 saturated carbocycles. The molecule has 1 saturated heterocycles. The van der Waals surface area contributed by atoms with Crippen molar-refractivity contribution < 1.29 is 28.7 Å². The minimum atomic E-state index is -0.758. The Kier molecular flexibility index (Phi) is 6.39. The Morgan fingerprint density at radius 1 is 1.21 bits per heavy atom. The first-order valence-electron chi connectivity index (χ1n) is 9.81. The van der Waals surface area contributed by atoms with Gasteiger partial charge in [0.25, 0.3) is 11.7 Å². The van der Waals surface area contributed by atoms with Gasteiger partial charge in [0.2, 0.25) is 0 Å². The summed E-state index contributed by atoms with van der Waals surface area (Å²) in [5.41, 5.74) is 0.445. The fourth-order valence-corrected chi connectivity index (χ4v) is 3.66. The van der Waals surface area contributed by atoms with E-state index in [9.17, 15) is 14.7 Å². The van der Waals surface area contributed by atoms with E-state index in [-0.39, 0.29) is 11.3 Å². The molecule has 2 N–H and O–H groups in total. The summed E-state index contributed by atoms with van der Waals surface area (Å²) in [6.07, 6.45) is 1.50. The monoisotopic (exact) mass is 399 g/mol. The van der Waals surface area contributed by atoms with Crippen molar-refractivity contribution in [3.63, 3.8) is 0 Å². The number of nitrogens with one attached hydrogen (secondary N) is 1. The highest BCUT2D eigenvalue weighted by Crippen LogP contribution is 2.39. The van der Waals surface area contributed by atoms with Crippen LogP contribution in [0.1, 0.15) is 31.2 Å². The van der Waals surface area contributed by atoms with Crippen molar-refractivity contribution in [3.8, 4) is 5.75 Å². The molecular formula is C22H27N2O5+. The first-order valence-corrected chi connectivity index (χ1v) is 9.81. The summed E-state index contributed by atoms with van der Waals surface area (Å²) in [5, 5.41) is 11.0. The van der Waals surface area contributed by atoms with Gasteiger partial charge in [0.05, 0.1) is 45.1 Å². The molecule has 1 fully saturated rings. The van der Waals surface area contributed by atoms with Gasteiger partial charge in [-0.15, -0.1) is 0 Å². The van der Waals surface area contributed by atoms with Crippen LogP contribution in [0.4, 0.5) is 0 Å². The first kappa shape index (κ1) is 20.7. The van der Waals surface area contributed by atoms with Gasteiger partial charge in [-0.1, -0.05) is 12.1 Å². The third-order valence-corrected chi connectivity index (χ3v) is 5.40. The van der Waals surface area contributed by atoms with E-state index < -0.39 is 17.7 Å². The Morgan fingerprint density at radius 3 is 2.59 bits per heavy atom. The molecule has 0 aliphatic carbocycles. The molecule has 154 valence electrons. The van der Waals surface area contributed by atoms with Gasteiger partial charge in [-0.05, 0) is 38.1 Å². The Balaban J connectivity index is 2.05. The fourth-order valence-electron chi connectivity index (χ4n) is 3.66. The number of hydrogen-bond donors (Lipinski definition) is 2. The highest BCUT2D eigenvalue weighted by atomic mass is 16.5. The highest BCUT2D eigenvalue weighted by molar-refractivity contribution is 6.46. The maximum Gasteiger partial charge on any atom is 0.295 e. The molecule has 1 aromatic heterocycles. The van der Waals surface area contributed by atoms with E-state index in [1.54, 1.807) is 36.4 Å². The molecule has 1 amide bonds. The zero-order chi connectivity index (χ0) is 21.0. The van der Waals surface area contributed by atoms with E-state index in [4.69, 9.17) is 9.15 Å². The smallest absolute Gasteiger partial charge is 0.295 e. The number of hydrogen-bond acceptors (Lipinski definition) is 5. The second-order valence-electron chi connectivity index (χ2n) is 6.95. The largest absolute Gasteiger partial charge is 0.507 e. The maximum absolute atomic E-state index is 12.9. The number of aliphatic hydroxyl groups is 1. The van der Waals surface area contributed by atoms with Crippen LogP contribution < -0.4 is 9.64 Å². The van der Waals surface area contributed by atoms with E-state index in [1.165, 1.54) is 23.2 Å². The van der Waals surface area contributed by atoms with Crippen LogP contribution in [0.3, 0.4) is 0 Å². The lowest BCUT2D eigenvalue weighted by molar-refractivity contribution is -0.895. The lowest BCUT2D eigenvalue weighted by Gasteiger charge is -2.25. The second-order valence-corrected chi connectivity index (χ2v) is 6.95. The summed E-state index contributed by atoms with van der Waals surface area (Å²) in [6.45, 7) is 7.11. The number of amides is 1. The summed E-state index contributed by atoms with van der Waals surface area (Å²) in [7, 11) is 1.52. The number of carbonyl (C=O) groups excluding carboxylic acids is 2. The number of benzene rings is 1. The lowest BCUT2D eigenvalue weighted by atomic mass is 9.99. The number of ether oxygens (including phenoxy) is 1. The molecule has 0 spiro atoms. The van der Waals surface area contributed by atoms with Gasteiger partial charge >= 0.3 is 0 Å². The van der Waals surface area contributed by atoms with E-state index in [0.29, 0.717) is 30.2 Å². The SMILES string of the molecule is CC[NH+](CC)CCN1C(=O)C(=O)C(=C(O)c2cccc(OC)c2)[C@H]1c1ccco1. The number of carbonyl (C=O) groups is 2. The summed E-state index contributed by atoms with van der Waals surface area (Å²) in [6, 6.07) is 9.42. The first-order chi connectivity index (χ1) is 14.0. The summed E-state index contributed by atoms with van der Waals surface area (Å²) in [5.74, 6) is -0.573. The van der Waals surface area contributed by atoms with Gasteiger partial charge in [-0.25, -0.2) is 0 Å². The zero-order valence-corrected chi connectivity index (χ0v) is 17.0. The third kappa shape index (κ3) is 4.05. The third-order valence-electron chi connectivity index (χ3n) is 5.40. The van der Waals surface area contributed by atoms with Crippen molar-refractivity contribution in [2.75, 3.05) is 33.3 Å². The number of furan rings is 1. The highest BCUT2D eigenvalue weighted by Gasteiger charge is 2.47. The molecule has 1 aliphatic heterocycles. The van der Waals surface area contributed by atoms with Crippen LogP contribution in [-0.4, -0.2) is 55.0 Å². The molecule has 1 aliphatic rings. The molecule has 0 unspecified atom stereocenters. The Hall–Kier alpha value is -3.06. The molecule has 2 heterocycles. The fraction of sp³-hybridized carbons (Fsp3) is 0.364. The summed E-state index contributed by atoms with van der Waals surface area (Å²) in [4.78, 5) is 28.5. The lowest BCUT2D eigenvalue weighted by Crippen LogP contribution is -3.12. The molecule has 7 nitrogen and oxygen atoms in total. The van der Waals surface area contributed by atoms with Gasteiger partial charge in [0, 0.05) is 5.56 Å². The van der Waals surface area contributed by atoms with Crippen LogP contribution in [0.5, 0.6) is 5.75 Å². The number of nitrogens with zero attached hydrogens (tertiary/aromatic N) is 1. The number of likely N-dealkylation sites (tertiary alicyclic amines) is 1. The van der Waals surface area contributed by atoms with Crippen LogP contribution >= 0.6 is 0 Å². The minimum Gasteiger partial charge on any atom is -0.507 e. The molecule has 1 atom stereocenters. The number of rotatable bonds is 8. The average Bonchev–Trinajstić information content (AvgIpc) is 3.36. The van der Waals surface area contributed by atoms with Gasteiger partial charge in [-0.2, -0.15) is 0 Å². The van der Waals surface area contributed by atoms with E-state index >= 15 is 0 Å². The van der Waals surface area contributed by atoms with Crippen LogP contribution in [0.15, 0.2) is 52.7 Å². The maximum atomic E-state index is 12.9. The Morgan fingerprint density at radius 2 is 1.97 bits per heavy atom. The molecule has 1 aromatic carbocycles. The quantitative estimate of drug-likeness (QED) is 0.401. The van der Waals surface area contributed by atoms with Crippen LogP contribution in [0.2, 0.25) is 0 Å². The molecule has 7 heteroatoms. The van der Waals surface area contributed by atoms with Crippen molar-refractivity contribution in [2.24, 2.45) is 0 Å². The molecule has 3 rings (SSSR count). The van der Waals surface area contributed by atoms with Gasteiger partial charge in [0.15, 0.2) is 0 Å². The van der Waals surface area contributed by atoms with Crippen molar-refractivity contribution >= 4 is 17.4 Å². The molecule has 2 aromatic rings. The predicted molar refractivity (Wildman–Crippen MR) is 108 cm³/mol. The van der Waals surface area contributed by atoms with Crippen LogP contribution in [-0.2, 0) is 9.59 Å². The van der Waals surface area contributed by atoms with Crippen molar-refractivity contribution in [1.29, 1.82) is 0 Å². The number of Topliss-reactive ketones (excluding diaryl/α,β-unsaturated/α-hetero) is 1. The average molecular weight is 399 g/mol. The number of aliphatic hydroxyl groups excluding tert-OH is 1. The topological polar surface area (TPSA) is 84.4 Å². The number of ketones is 1. The van der Waals surface area contributed by atoms with E-state index in [1.807, 2.05) is 0 Å². The van der Waals surface area contributed by atoms with E-state index in [2.05, 4.69) is 13.8 Å². The molecular weight excluding hydrogens is 372 g/mol. The van der Waals surface area contributed by atoms with Crippen molar-refractivity contribution in [2.45, 2.75) is 19.9 Å². The number of methoxy groups -OCH3 is 1. The van der Waals surface area contributed by atoms with Gasteiger partial charge in [-0.3, -0.25) is 9.59 Å². The van der Waals surface area contributed by atoms with Crippen molar-refractivity contribution in [3.05, 3.63) is 59.6 Å². The molecule has 29 heavy (non-hydrogen) atoms. The predicted octanol–water partition coefficient (Wildman–Crippen LogP) is 1.63. The summed E-state index contributed by atoms with van der Waals surface area (Å²) < 4.78 is 10.8. The number of quaternary nitrogens is 1. The Labute approximate surface area is 170 Å². The summed E-state index contributed by atoms with van der Waals surface area (Å²) >= 11 is 0. The van der Waals surface area contributed by atoms with E-state index in [0.717, 1.165) is 13.1 Å². The standard InChI is InChI=1S/C22H26N2O5/c1-4-23(5-2)11-12-24-19(17-10-7-13-29-17)18(21(26)22(24)27)20(25)15-8-6-9-16(14-15)28-3/h6-10,13-14,19,25H,4-5,11-12H2,1-3H3/p+1/t19-/m1/s1. The molecule has 0 radical (unpaired) electrons. The zero-order valence-electron chi connectivity index (χ0n) is 17.0. The van der Waals surface area contributed by atoms with Crippen molar-refractivity contribution in [1.82, 2.24) is 4.90 Å². The second kappa shape index (κ2) is 8.96. The normalized spacial score (nSPS) is 18.6. The van der Waals surface area contributed by atoms with Gasteiger partial charge < -0.3 is 24.1 Å². The Bertz CT molecular complexity index is 900.